The largest absolute Gasteiger partial charge is 0.323 e. The summed E-state index contributed by atoms with van der Waals surface area (Å²) in [4.78, 5) is 12.9. The van der Waals surface area contributed by atoms with Crippen LogP contribution in [0.15, 0.2) is 59.5 Å². The van der Waals surface area contributed by atoms with Crippen LogP contribution in [0.2, 0.25) is 0 Å². The van der Waals surface area contributed by atoms with Gasteiger partial charge in [0.25, 0.3) is 0 Å². The highest BCUT2D eigenvalue weighted by Crippen LogP contribution is 2.15. The molecule has 1 N–H and O–H groups in total. The molecule has 0 spiro atoms. The maximum absolute atomic E-state index is 12.7. The SMILES string of the molecule is CSc1ccc(/C=C/C(=O)Nc2ccc(F)cc2)cc1. The van der Waals surface area contributed by atoms with E-state index in [2.05, 4.69) is 5.32 Å². The smallest absolute Gasteiger partial charge is 0.248 e. The van der Waals surface area contributed by atoms with Crippen LogP contribution in [0, 0.1) is 5.82 Å². The number of carbonyl (C=O) groups excluding carboxylic acids is 1. The summed E-state index contributed by atoms with van der Waals surface area (Å²) in [5.41, 5.74) is 1.52. The molecule has 102 valence electrons. The highest BCUT2D eigenvalue weighted by molar-refractivity contribution is 7.98. The monoisotopic (exact) mass is 287 g/mol. The molecule has 0 aliphatic heterocycles. The van der Waals surface area contributed by atoms with E-state index in [1.807, 2.05) is 30.5 Å². The van der Waals surface area contributed by atoms with Gasteiger partial charge in [-0.1, -0.05) is 12.1 Å². The third-order valence-corrected chi connectivity index (χ3v) is 3.40. The lowest BCUT2D eigenvalue weighted by atomic mass is 10.2. The Kier molecular flexibility index (Phi) is 4.96. The number of benzene rings is 2. The molecule has 20 heavy (non-hydrogen) atoms. The quantitative estimate of drug-likeness (QED) is 0.674. The minimum Gasteiger partial charge on any atom is -0.323 e. The average Bonchev–Trinajstić information content (AvgIpc) is 2.48. The Morgan fingerprint density at radius 3 is 2.35 bits per heavy atom. The molecule has 2 aromatic carbocycles. The Morgan fingerprint density at radius 2 is 1.75 bits per heavy atom. The van der Waals surface area contributed by atoms with Crippen molar-refractivity contribution in [1.82, 2.24) is 0 Å². The van der Waals surface area contributed by atoms with Crippen LogP contribution in [-0.4, -0.2) is 12.2 Å². The van der Waals surface area contributed by atoms with Crippen molar-refractivity contribution in [3.05, 3.63) is 66.0 Å². The van der Waals surface area contributed by atoms with E-state index in [0.29, 0.717) is 5.69 Å². The molecule has 1 amide bonds. The normalized spacial score (nSPS) is 10.7. The number of halogens is 1. The number of rotatable bonds is 4. The number of hydrogen-bond acceptors (Lipinski definition) is 2. The summed E-state index contributed by atoms with van der Waals surface area (Å²) in [6.45, 7) is 0. The fourth-order valence-corrected chi connectivity index (χ4v) is 2.01. The van der Waals surface area contributed by atoms with Crippen LogP contribution in [-0.2, 0) is 4.79 Å². The Bertz CT molecular complexity index is 605. The summed E-state index contributed by atoms with van der Waals surface area (Å²) in [5, 5.41) is 2.67. The molecule has 0 bridgehead atoms. The van der Waals surface area contributed by atoms with Crippen LogP contribution in [0.3, 0.4) is 0 Å². The van der Waals surface area contributed by atoms with Gasteiger partial charge in [-0.3, -0.25) is 4.79 Å². The molecule has 0 radical (unpaired) electrons. The van der Waals surface area contributed by atoms with Gasteiger partial charge >= 0.3 is 0 Å². The fraction of sp³-hybridized carbons (Fsp3) is 0.0625. The van der Waals surface area contributed by atoms with E-state index in [9.17, 15) is 9.18 Å². The lowest BCUT2D eigenvalue weighted by Gasteiger charge is -2.01. The van der Waals surface area contributed by atoms with Crippen molar-refractivity contribution in [1.29, 1.82) is 0 Å². The number of nitrogens with one attached hydrogen (secondary N) is 1. The molecule has 0 aliphatic rings. The van der Waals surface area contributed by atoms with Gasteiger partial charge in [0, 0.05) is 16.7 Å². The number of hydrogen-bond donors (Lipinski definition) is 1. The summed E-state index contributed by atoms with van der Waals surface area (Å²) in [5.74, 6) is -0.571. The zero-order valence-electron chi connectivity index (χ0n) is 11.0. The first-order valence-corrected chi connectivity index (χ1v) is 7.28. The molecule has 2 rings (SSSR count). The van der Waals surface area contributed by atoms with Gasteiger partial charge in [-0.25, -0.2) is 4.39 Å². The molecular formula is C16H14FNOS. The van der Waals surface area contributed by atoms with Crippen molar-refractivity contribution in [3.8, 4) is 0 Å². The third kappa shape index (κ3) is 4.24. The van der Waals surface area contributed by atoms with Gasteiger partial charge in [-0.05, 0) is 54.3 Å². The first kappa shape index (κ1) is 14.3. The van der Waals surface area contributed by atoms with Crippen molar-refractivity contribution in [2.45, 2.75) is 4.90 Å². The Hall–Kier alpha value is -2.07. The first-order valence-electron chi connectivity index (χ1n) is 6.06. The highest BCUT2D eigenvalue weighted by atomic mass is 32.2. The number of thioether (sulfide) groups is 1. The van der Waals surface area contributed by atoms with E-state index in [1.165, 1.54) is 35.2 Å². The van der Waals surface area contributed by atoms with E-state index in [4.69, 9.17) is 0 Å². The molecule has 0 aliphatic carbocycles. The van der Waals surface area contributed by atoms with Gasteiger partial charge < -0.3 is 5.32 Å². The highest BCUT2D eigenvalue weighted by Gasteiger charge is 1.98. The molecule has 0 saturated carbocycles. The number of carbonyl (C=O) groups is 1. The van der Waals surface area contributed by atoms with Gasteiger partial charge in [0.1, 0.15) is 5.82 Å². The molecular weight excluding hydrogens is 273 g/mol. The third-order valence-electron chi connectivity index (χ3n) is 2.65. The predicted molar refractivity (Wildman–Crippen MR) is 82.3 cm³/mol. The van der Waals surface area contributed by atoms with Crippen LogP contribution >= 0.6 is 11.8 Å². The number of amides is 1. The molecule has 0 heterocycles. The topological polar surface area (TPSA) is 29.1 Å². The summed E-state index contributed by atoms with van der Waals surface area (Å²) >= 11 is 1.67. The maximum Gasteiger partial charge on any atom is 0.248 e. The molecule has 0 fully saturated rings. The molecule has 0 aromatic heterocycles. The van der Waals surface area contributed by atoms with E-state index in [-0.39, 0.29) is 11.7 Å². The van der Waals surface area contributed by atoms with Crippen LogP contribution in [0.25, 0.3) is 6.08 Å². The molecule has 0 saturated heterocycles. The predicted octanol–water partition coefficient (Wildman–Crippen LogP) is 4.20. The van der Waals surface area contributed by atoms with E-state index in [0.717, 1.165) is 5.56 Å². The van der Waals surface area contributed by atoms with Crippen molar-refractivity contribution in [2.75, 3.05) is 11.6 Å². The second-order valence-corrected chi connectivity index (χ2v) is 4.98. The van der Waals surface area contributed by atoms with Crippen LogP contribution in [0.5, 0.6) is 0 Å². The summed E-state index contributed by atoms with van der Waals surface area (Å²) in [7, 11) is 0. The van der Waals surface area contributed by atoms with Crippen molar-refractivity contribution >= 4 is 29.4 Å². The average molecular weight is 287 g/mol. The number of anilines is 1. The lowest BCUT2D eigenvalue weighted by molar-refractivity contribution is -0.111. The van der Waals surface area contributed by atoms with Gasteiger partial charge in [-0.15, -0.1) is 11.8 Å². The van der Waals surface area contributed by atoms with Crippen molar-refractivity contribution in [2.24, 2.45) is 0 Å². The minimum atomic E-state index is -0.326. The van der Waals surface area contributed by atoms with Gasteiger partial charge in [0.05, 0.1) is 0 Å². The van der Waals surface area contributed by atoms with Crippen LogP contribution in [0.1, 0.15) is 5.56 Å². The summed E-state index contributed by atoms with van der Waals surface area (Å²) in [6, 6.07) is 13.6. The van der Waals surface area contributed by atoms with E-state index < -0.39 is 0 Å². The summed E-state index contributed by atoms with van der Waals surface area (Å²) in [6.07, 6.45) is 5.21. The zero-order chi connectivity index (χ0) is 14.4. The molecule has 2 nitrogen and oxygen atoms in total. The van der Waals surface area contributed by atoms with Gasteiger partial charge in [-0.2, -0.15) is 0 Å². The summed E-state index contributed by atoms with van der Waals surface area (Å²) < 4.78 is 12.7. The lowest BCUT2D eigenvalue weighted by Crippen LogP contribution is -2.07. The maximum atomic E-state index is 12.7. The Balaban J connectivity index is 1.96. The first-order chi connectivity index (χ1) is 9.67. The molecule has 4 heteroatoms. The molecule has 0 unspecified atom stereocenters. The second-order valence-electron chi connectivity index (χ2n) is 4.10. The Labute approximate surface area is 121 Å². The van der Waals surface area contributed by atoms with E-state index >= 15 is 0 Å². The van der Waals surface area contributed by atoms with Crippen molar-refractivity contribution in [3.63, 3.8) is 0 Å². The molecule has 2 aromatic rings. The van der Waals surface area contributed by atoms with Crippen molar-refractivity contribution < 1.29 is 9.18 Å². The molecule has 0 atom stereocenters. The van der Waals surface area contributed by atoms with Gasteiger partial charge in [0.2, 0.25) is 5.91 Å². The second kappa shape index (κ2) is 6.91. The van der Waals surface area contributed by atoms with Crippen LogP contribution < -0.4 is 5.32 Å². The zero-order valence-corrected chi connectivity index (χ0v) is 11.8. The standard InChI is InChI=1S/C16H14FNOS/c1-20-15-9-2-12(3-10-15)4-11-16(19)18-14-7-5-13(17)6-8-14/h2-11H,1H3,(H,18,19)/b11-4+. The fourth-order valence-electron chi connectivity index (χ4n) is 1.60. The van der Waals surface area contributed by atoms with Gasteiger partial charge in [0.15, 0.2) is 0 Å². The van der Waals surface area contributed by atoms with Crippen LogP contribution in [0.4, 0.5) is 10.1 Å². The van der Waals surface area contributed by atoms with E-state index in [1.54, 1.807) is 17.8 Å². The Morgan fingerprint density at radius 1 is 1.10 bits per heavy atom. The minimum absolute atomic E-state index is 0.245.